The molecule has 1 heterocycles. The zero-order valence-corrected chi connectivity index (χ0v) is 35.5. The summed E-state index contributed by atoms with van der Waals surface area (Å²) in [7, 11) is -1.80. The van der Waals surface area contributed by atoms with Crippen LogP contribution in [0, 0.1) is 0 Å². The third kappa shape index (κ3) is 9.69. The second-order valence-corrected chi connectivity index (χ2v) is 17.0. The Bertz CT molecular complexity index is 2720. The first-order chi connectivity index (χ1) is 29.3. The molecule has 1 aromatic heterocycles. The molecule has 0 spiro atoms. The fourth-order valence-electron chi connectivity index (χ4n) is 6.27. The Morgan fingerprint density at radius 2 is 1.18 bits per heavy atom. The lowest BCUT2D eigenvalue weighted by Crippen LogP contribution is -2.42. The first-order valence-corrected chi connectivity index (χ1v) is 21.4. The number of likely N-dealkylation sites (N-methyl/N-ethyl adjacent to an activating group) is 1. The first-order valence-electron chi connectivity index (χ1n) is 18.5. The molecule has 0 radical (unpaired) electrons. The Labute approximate surface area is 354 Å². The Morgan fingerprint density at radius 3 is 1.74 bits per heavy atom. The smallest absolute Gasteiger partial charge is 0.264 e. The molecule has 0 aliphatic rings. The molecule has 316 valence electrons. The molecule has 6 aromatic rings. The van der Waals surface area contributed by atoms with E-state index in [1.54, 1.807) is 72.9 Å². The molecular weight excluding hydrogens is 823 g/mol. The lowest BCUT2D eigenvalue weighted by Gasteiger charge is -2.28. The predicted octanol–water partition coefficient (Wildman–Crippen LogP) is 6.48. The summed E-state index contributed by atoms with van der Waals surface area (Å²) in [6.45, 7) is -1.23. The molecule has 0 aliphatic carbocycles. The number of para-hydroxylation sites is 1. The second-order valence-electron chi connectivity index (χ2n) is 13.2. The highest BCUT2D eigenvalue weighted by atomic mass is 32.2. The van der Waals surface area contributed by atoms with Crippen LogP contribution in [-0.2, 0) is 29.6 Å². The van der Waals surface area contributed by atoms with Gasteiger partial charge in [-0.15, -0.1) is 0 Å². The third-order valence-electron chi connectivity index (χ3n) is 9.54. The summed E-state index contributed by atoms with van der Waals surface area (Å²) < 4.78 is 82.0. The molecule has 6 rings (SSSR count). The van der Waals surface area contributed by atoms with Gasteiger partial charge in [-0.25, -0.2) is 16.8 Å². The fraction of sp³-hybridized carbons (Fsp3) is 0.159. The van der Waals surface area contributed by atoms with Gasteiger partial charge in [-0.3, -0.25) is 23.2 Å². The quantitative estimate of drug-likeness (QED) is 0.106. The molecule has 15 nitrogen and oxygen atoms in total. The molecule has 5 aromatic carbocycles. The van der Waals surface area contributed by atoms with Gasteiger partial charge in [-0.05, 0) is 83.9 Å². The van der Waals surface area contributed by atoms with Crippen molar-refractivity contribution in [2.45, 2.75) is 9.79 Å². The van der Waals surface area contributed by atoms with E-state index in [2.05, 4.69) is 10.3 Å². The normalized spacial score (nSPS) is 11.2. The summed E-state index contributed by atoms with van der Waals surface area (Å²) >= 11 is 0. The fourth-order valence-corrected chi connectivity index (χ4v) is 9.16. The number of hydrogen-bond donors (Lipinski definition) is 1. The molecule has 0 saturated carbocycles. The SMILES string of the molecule is COc1ccc(OC)c(N(CC(=O)Nc2ccccc2)S(=O)(=O)c2cccc(-c3ccc(S(=O)(=O)N(CC(=O)N(C)c4cccnc4)c4cc(OC)ccc4OC)cc3)c2)c1. The van der Waals surface area contributed by atoms with E-state index < -0.39 is 45.0 Å². The monoisotopic (exact) mass is 865 g/mol. The Morgan fingerprint density at radius 1 is 0.590 bits per heavy atom. The van der Waals surface area contributed by atoms with Gasteiger partial charge in [0.1, 0.15) is 36.1 Å². The van der Waals surface area contributed by atoms with Gasteiger partial charge >= 0.3 is 0 Å². The highest BCUT2D eigenvalue weighted by Gasteiger charge is 2.33. The summed E-state index contributed by atoms with van der Waals surface area (Å²) in [6.07, 6.45) is 3.04. The summed E-state index contributed by atoms with van der Waals surface area (Å²) in [5.41, 5.74) is 1.96. The van der Waals surface area contributed by atoms with Gasteiger partial charge < -0.3 is 29.2 Å². The van der Waals surface area contributed by atoms with E-state index in [0.717, 1.165) is 8.61 Å². The molecule has 1 N–H and O–H groups in total. The van der Waals surface area contributed by atoms with E-state index in [4.69, 9.17) is 18.9 Å². The minimum absolute atomic E-state index is 0.0615. The topological polar surface area (TPSA) is 174 Å². The maximum Gasteiger partial charge on any atom is 0.264 e. The van der Waals surface area contributed by atoms with Gasteiger partial charge in [-0.2, -0.15) is 0 Å². The van der Waals surface area contributed by atoms with Crippen LogP contribution in [0.1, 0.15) is 0 Å². The van der Waals surface area contributed by atoms with Crippen molar-refractivity contribution in [3.05, 3.63) is 140 Å². The van der Waals surface area contributed by atoms with Crippen molar-refractivity contribution < 1.29 is 45.4 Å². The summed E-state index contributed by atoms with van der Waals surface area (Å²) in [5.74, 6) is -0.163. The Hall–Kier alpha value is -7.11. The zero-order chi connectivity index (χ0) is 43.7. The summed E-state index contributed by atoms with van der Waals surface area (Å²) in [4.78, 5) is 32.1. The van der Waals surface area contributed by atoms with E-state index in [0.29, 0.717) is 34.0 Å². The molecule has 0 unspecified atom stereocenters. The van der Waals surface area contributed by atoms with Crippen molar-refractivity contribution in [1.82, 2.24) is 4.98 Å². The standard InChI is InChI=1S/C44H43N5O10S2/c1-47(34-14-10-24-45-28-34)44(51)30-49(40-27-36(57-3)19-23-42(40)59-5)60(52,53)37-20-16-31(17-21-37)32-11-9-15-38(25-32)61(54,55)48(29-43(50)46-33-12-7-6-8-13-33)39-26-35(56-2)18-22-41(39)58-4/h6-28H,29-30H2,1-5H3,(H,46,50). The van der Waals surface area contributed by atoms with Crippen LogP contribution in [0.4, 0.5) is 22.7 Å². The maximum atomic E-state index is 14.6. The third-order valence-corrected chi connectivity index (χ3v) is 13.1. The average Bonchev–Trinajstić information content (AvgIpc) is 3.29. The molecule has 0 atom stereocenters. The minimum Gasteiger partial charge on any atom is -0.497 e. The molecule has 0 aliphatic heterocycles. The first kappa shape index (κ1) is 43.5. The van der Waals surface area contributed by atoms with Gasteiger partial charge in [0.2, 0.25) is 11.8 Å². The number of aromatic nitrogens is 1. The van der Waals surface area contributed by atoms with E-state index >= 15 is 0 Å². The van der Waals surface area contributed by atoms with Crippen molar-refractivity contribution in [2.75, 3.05) is 67.4 Å². The number of rotatable bonds is 17. The minimum atomic E-state index is -4.48. The number of amides is 2. The molecule has 0 bridgehead atoms. The summed E-state index contributed by atoms with van der Waals surface area (Å²) in [5, 5.41) is 2.73. The summed E-state index contributed by atoms with van der Waals surface area (Å²) in [6, 6.07) is 33.0. The Balaban J connectivity index is 1.35. The highest BCUT2D eigenvalue weighted by Crippen LogP contribution is 2.38. The van der Waals surface area contributed by atoms with Crippen molar-refractivity contribution in [1.29, 1.82) is 0 Å². The highest BCUT2D eigenvalue weighted by molar-refractivity contribution is 7.93. The van der Waals surface area contributed by atoms with Crippen LogP contribution < -0.4 is 37.8 Å². The Kier molecular flexibility index (Phi) is 13.4. The van der Waals surface area contributed by atoms with E-state index in [1.165, 1.54) is 107 Å². The van der Waals surface area contributed by atoms with Crippen molar-refractivity contribution in [3.8, 4) is 34.1 Å². The number of ether oxygens (including phenoxy) is 4. The van der Waals surface area contributed by atoms with Crippen LogP contribution >= 0.6 is 0 Å². The van der Waals surface area contributed by atoms with E-state index in [-0.39, 0.29) is 32.7 Å². The predicted molar refractivity (Wildman–Crippen MR) is 233 cm³/mol. The number of carbonyl (C=O) groups is 2. The van der Waals surface area contributed by atoms with Crippen LogP contribution in [0.2, 0.25) is 0 Å². The van der Waals surface area contributed by atoms with Crippen LogP contribution in [0.15, 0.2) is 150 Å². The van der Waals surface area contributed by atoms with Crippen molar-refractivity contribution in [2.24, 2.45) is 0 Å². The van der Waals surface area contributed by atoms with Crippen molar-refractivity contribution in [3.63, 3.8) is 0 Å². The maximum absolute atomic E-state index is 14.6. The number of pyridine rings is 1. The largest absolute Gasteiger partial charge is 0.497 e. The number of nitrogens with zero attached hydrogens (tertiary/aromatic N) is 4. The molecule has 17 heteroatoms. The lowest BCUT2D eigenvalue weighted by atomic mass is 10.1. The molecule has 61 heavy (non-hydrogen) atoms. The van der Waals surface area contributed by atoms with Crippen molar-refractivity contribution >= 4 is 54.6 Å². The number of methoxy groups -OCH3 is 4. The number of benzene rings is 5. The zero-order valence-electron chi connectivity index (χ0n) is 33.9. The van der Waals surface area contributed by atoms with Crippen LogP contribution in [0.3, 0.4) is 0 Å². The molecule has 2 amide bonds. The number of anilines is 4. The van der Waals surface area contributed by atoms with Gasteiger partial charge in [0, 0.05) is 31.1 Å². The van der Waals surface area contributed by atoms with E-state index in [9.17, 15) is 26.4 Å². The van der Waals surface area contributed by atoms with Gasteiger partial charge in [0.05, 0.1) is 61.5 Å². The molecule has 0 saturated heterocycles. The van der Waals surface area contributed by atoms with Gasteiger partial charge in [0.15, 0.2) is 0 Å². The molecule has 0 fully saturated rings. The number of hydrogen-bond acceptors (Lipinski definition) is 11. The van der Waals surface area contributed by atoms with Crippen LogP contribution in [0.5, 0.6) is 23.0 Å². The van der Waals surface area contributed by atoms with E-state index in [1.807, 2.05) is 0 Å². The van der Waals surface area contributed by atoms with Crippen LogP contribution in [-0.4, -0.2) is 82.2 Å². The average molecular weight is 866 g/mol. The van der Waals surface area contributed by atoms with Gasteiger partial charge in [0.25, 0.3) is 20.0 Å². The lowest BCUT2D eigenvalue weighted by molar-refractivity contribution is -0.117. The molecular formula is C44H43N5O10S2. The van der Waals surface area contributed by atoms with Crippen LogP contribution in [0.25, 0.3) is 11.1 Å². The van der Waals surface area contributed by atoms with Gasteiger partial charge in [-0.1, -0.05) is 42.5 Å². The second kappa shape index (κ2) is 18.9. The number of nitrogens with one attached hydrogen (secondary N) is 1. The number of sulfonamides is 2. The number of carbonyl (C=O) groups excluding carboxylic acids is 2.